The van der Waals surface area contributed by atoms with Crippen LogP contribution in [0.15, 0.2) is 24.3 Å². The second kappa shape index (κ2) is 9.62. The molecule has 1 aromatic carbocycles. The highest BCUT2D eigenvalue weighted by molar-refractivity contribution is 5.89. The van der Waals surface area contributed by atoms with Crippen molar-refractivity contribution < 1.29 is 9.53 Å². The number of nitrogens with one attached hydrogen (secondary N) is 1. The molecule has 1 unspecified atom stereocenters. The molecule has 1 atom stereocenters. The summed E-state index contributed by atoms with van der Waals surface area (Å²) in [6.07, 6.45) is 5.29. The number of hydrogen-bond acceptors (Lipinski definition) is 4. The predicted molar refractivity (Wildman–Crippen MR) is 105 cm³/mol. The van der Waals surface area contributed by atoms with Gasteiger partial charge in [-0.15, -0.1) is 24.8 Å². The summed E-state index contributed by atoms with van der Waals surface area (Å²) < 4.78 is 5.54. The number of rotatable bonds is 6. The molecular weight excluding hydrogens is 361 g/mol. The molecule has 3 N–H and O–H groups in total. The summed E-state index contributed by atoms with van der Waals surface area (Å²) >= 11 is 0. The fraction of sp³-hybridized carbons (Fsp3) is 0.611. The van der Waals surface area contributed by atoms with E-state index in [-0.39, 0.29) is 36.8 Å². The molecule has 0 radical (unpaired) electrons. The SMILES string of the molecule is COc1ccccc1C(CNC(=O)C1(N)CC1)N1CCCCC1.Cl.Cl. The molecule has 1 aliphatic carbocycles. The van der Waals surface area contributed by atoms with Gasteiger partial charge in [-0.05, 0) is 44.8 Å². The van der Waals surface area contributed by atoms with E-state index in [1.165, 1.54) is 19.3 Å². The predicted octanol–water partition coefficient (Wildman–Crippen LogP) is 2.67. The Balaban J connectivity index is 0.00000156. The fourth-order valence-corrected chi connectivity index (χ4v) is 3.33. The second-order valence-electron chi connectivity index (χ2n) is 6.72. The van der Waals surface area contributed by atoms with Crippen LogP contribution in [0.25, 0.3) is 0 Å². The number of para-hydroxylation sites is 1. The maximum Gasteiger partial charge on any atom is 0.240 e. The van der Waals surface area contributed by atoms with Gasteiger partial charge < -0.3 is 15.8 Å². The lowest BCUT2D eigenvalue weighted by Crippen LogP contribution is -2.47. The molecule has 3 rings (SSSR count). The zero-order valence-electron chi connectivity index (χ0n) is 14.7. The Morgan fingerprint density at radius 2 is 1.88 bits per heavy atom. The largest absolute Gasteiger partial charge is 0.496 e. The van der Waals surface area contributed by atoms with Crippen molar-refractivity contribution in [3.63, 3.8) is 0 Å². The van der Waals surface area contributed by atoms with Crippen LogP contribution in [0.3, 0.4) is 0 Å². The van der Waals surface area contributed by atoms with Crippen LogP contribution in [0, 0.1) is 0 Å². The first-order valence-corrected chi connectivity index (χ1v) is 8.58. The maximum atomic E-state index is 12.2. The number of benzene rings is 1. The van der Waals surface area contributed by atoms with Gasteiger partial charge in [-0.2, -0.15) is 0 Å². The summed E-state index contributed by atoms with van der Waals surface area (Å²) in [4.78, 5) is 14.7. The van der Waals surface area contributed by atoms with Crippen molar-refractivity contribution in [2.45, 2.75) is 43.7 Å². The number of carbonyl (C=O) groups excluding carboxylic acids is 1. The number of methoxy groups -OCH3 is 1. The molecule has 0 bridgehead atoms. The van der Waals surface area contributed by atoms with Crippen LogP contribution in [0.5, 0.6) is 5.75 Å². The lowest BCUT2D eigenvalue weighted by atomic mass is 10.0. The second-order valence-corrected chi connectivity index (χ2v) is 6.72. The highest BCUT2D eigenvalue weighted by Gasteiger charge is 2.46. The van der Waals surface area contributed by atoms with E-state index in [1.807, 2.05) is 18.2 Å². The molecule has 0 spiro atoms. The van der Waals surface area contributed by atoms with E-state index >= 15 is 0 Å². The summed E-state index contributed by atoms with van der Waals surface area (Å²) in [5.74, 6) is 0.862. The molecule has 5 nitrogen and oxygen atoms in total. The first-order valence-electron chi connectivity index (χ1n) is 8.58. The van der Waals surface area contributed by atoms with Crippen LogP contribution in [0.4, 0.5) is 0 Å². The molecule has 142 valence electrons. The third-order valence-electron chi connectivity index (χ3n) is 5.03. The number of likely N-dealkylation sites (tertiary alicyclic amines) is 1. The maximum absolute atomic E-state index is 12.2. The van der Waals surface area contributed by atoms with Gasteiger partial charge in [0.2, 0.25) is 5.91 Å². The Morgan fingerprint density at radius 3 is 2.48 bits per heavy atom. The molecule has 1 saturated heterocycles. The molecule has 25 heavy (non-hydrogen) atoms. The van der Waals surface area contributed by atoms with E-state index in [4.69, 9.17) is 10.5 Å². The van der Waals surface area contributed by atoms with Crippen LogP contribution in [-0.2, 0) is 4.79 Å². The first-order chi connectivity index (χ1) is 11.1. The summed E-state index contributed by atoms with van der Waals surface area (Å²) in [5, 5.41) is 3.07. The van der Waals surface area contributed by atoms with Crippen LogP contribution >= 0.6 is 24.8 Å². The van der Waals surface area contributed by atoms with E-state index in [1.54, 1.807) is 7.11 Å². The Morgan fingerprint density at radius 1 is 1.24 bits per heavy atom. The average Bonchev–Trinajstić information content (AvgIpc) is 3.35. The van der Waals surface area contributed by atoms with Crippen molar-refractivity contribution in [3.8, 4) is 5.75 Å². The number of halogens is 2. The molecule has 2 fully saturated rings. The van der Waals surface area contributed by atoms with Crippen molar-refractivity contribution in [1.82, 2.24) is 10.2 Å². The van der Waals surface area contributed by atoms with E-state index in [0.29, 0.717) is 6.54 Å². The van der Waals surface area contributed by atoms with Crippen LogP contribution < -0.4 is 15.8 Å². The molecule has 1 aliphatic heterocycles. The van der Waals surface area contributed by atoms with E-state index in [0.717, 1.165) is 37.2 Å². The molecule has 1 heterocycles. The Bertz CT molecular complexity index is 561. The zero-order chi connectivity index (χ0) is 16.3. The quantitative estimate of drug-likeness (QED) is 0.784. The number of piperidine rings is 1. The number of hydrogen-bond donors (Lipinski definition) is 2. The van der Waals surface area contributed by atoms with Crippen molar-refractivity contribution >= 4 is 30.7 Å². The van der Waals surface area contributed by atoms with Gasteiger partial charge in [-0.25, -0.2) is 0 Å². The van der Waals surface area contributed by atoms with Crippen molar-refractivity contribution in [1.29, 1.82) is 0 Å². The number of amides is 1. The van der Waals surface area contributed by atoms with E-state index in [2.05, 4.69) is 16.3 Å². The highest BCUT2D eigenvalue weighted by atomic mass is 35.5. The van der Waals surface area contributed by atoms with Crippen molar-refractivity contribution in [3.05, 3.63) is 29.8 Å². The lowest BCUT2D eigenvalue weighted by molar-refractivity contribution is -0.123. The third-order valence-corrected chi connectivity index (χ3v) is 5.03. The Kier molecular flexibility index (Phi) is 8.48. The number of ether oxygens (including phenoxy) is 1. The smallest absolute Gasteiger partial charge is 0.240 e. The first kappa shape index (κ1) is 22.0. The Hall–Kier alpha value is -1.01. The minimum Gasteiger partial charge on any atom is -0.496 e. The summed E-state index contributed by atoms with van der Waals surface area (Å²) in [5.41, 5.74) is 6.52. The Labute approximate surface area is 162 Å². The topological polar surface area (TPSA) is 67.6 Å². The fourth-order valence-electron chi connectivity index (χ4n) is 3.33. The van der Waals surface area contributed by atoms with Gasteiger partial charge in [0.05, 0.1) is 18.7 Å². The van der Waals surface area contributed by atoms with Gasteiger partial charge in [0.1, 0.15) is 5.75 Å². The minimum absolute atomic E-state index is 0. The van der Waals surface area contributed by atoms with Gasteiger partial charge in [0.25, 0.3) is 0 Å². The number of nitrogens with zero attached hydrogens (tertiary/aromatic N) is 1. The molecule has 1 amide bonds. The normalized spacial score (nSPS) is 19.8. The molecule has 1 saturated carbocycles. The third kappa shape index (κ3) is 5.23. The number of carbonyl (C=O) groups is 1. The number of nitrogens with two attached hydrogens (primary N) is 1. The van der Waals surface area contributed by atoms with Gasteiger partial charge in [-0.3, -0.25) is 9.69 Å². The standard InChI is InChI=1S/C18H27N3O2.2ClH/c1-23-16-8-4-3-7-14(16)15(21-11-5-2-6-12-21)13-20-17(22)18(19)9-10-18;;/h3-4,7-8,15H,2,5-6,9-13,19H2,1H3,(H,20,22);2*1H. The molecule has 1 aromatic rings. The zero-order valence-corrected chi connectivity index (χ0v) is 16.3. The summed E-state index contributed by atoms with van der Waals surface area (Å²) in [6, 6.07) is 8.23. The van der Waals surface area contributed by atoms with Crippen molar-refractivity contribution in [2.24, 2.45) is 5.73 Å². The van der Waals surface area contributed by atoms with Gasteiger partial charge in [0.15, 0.2) is 0 Å². The van der Waals surface area contributed by atoms with Crippen LogP contribution in [0.2, 0.25) is 0 Å². The molecular formula is C18H29Cl2N3O2. The van der Waals surface area contributed by atoms with Gasteiger partial charge >= 0.3 is 0 Å². The van der Waals surface area contributed by atoms with Gasteiger partial charge in [0, 0.05) is 12.1 Å². The highest BCUT2D eigenvalue weighted by Crippen LogP contribution is 2.34. The van der Waals surface area contributed by atoms with Crippen molar-refractivity contribution in [2.75, 3.05) is 26.7 Å². The monoisotopic (exact) mass is 389 g/mol. The molecule has 2 aliphatic rings. The molecule has 7 heteroatoms. The van der Waals surface area contributed by atoms with E-state index in [9.17, 15) is 4.79 Å². The summed E-state index contributed by atoms with van der Waals surface area (Å²) in [7, 11) is 1.70. The van der Waals surface area contributed by atoms with Gasteiger partial charge in [-0.1, -0.05) is 24.6 Å². The van der Waals surface area contributed by atoms with Crippen LogP contribution in [-0.4, -0.2) is 43.1 Å². The summed E-state index contributed by atoms with van der Waals surface area (Å²) in [6.45, 7) is 2.71. The lowest BCUT2D eigenvalue weighted by Gasteiger charge is -2.35. The molecule has 0 aromatic heterocycles. The average molecular weight is 390 g/mol. The minimum atomic E-state index is -0.618. The van der Waals surface area contributed by atoms with Crippen LogP contribution in [0.1, 0.15) is 43.7 Å². The van der Waals surface area contributed by atoms with E-state index < -0.39 is 5.54 Å².